The number of esters is 1. The van der Waals surface area contributed by atoms with Gasteiger partial charge >= 0.3 is 11.9 Å². The quantitative estimate of drug-likeness (QED) is 0.530. The third kappa shape index (κ3) is 5.85. The highest BCUT2D eigenvalue weighted by Crippen LogP contribution is 2.32. The van der Waals surface area contributed by atoms with E-state index in [0.717, 1.165) is 16.7 Å². The maximum Gasteiger partial charge on any atom is 0.341 e. The second-order valence-electron chi connectivity index (χ2n) is 5.73. The minimum atomic E-state index is -1.11. The number of imide groups is 1. The first-order valence-corrected chi connectivity index (χ1v) is 9.01. The molecule has 8 nitrogen and oxygen atoms in total. The zero-order valence-corrected chi connectivity index (χ0v) is 15.7. The van der Waals surface area contributed by atoms with Crippen LogP contribution >= 0.6 is 11.8 Å². The Hall–Kier alpha value is -2.81. The van der Waals surface area contributed by atoms with Crippen LogP contribution in [0.3, 0.4) is 0 Å². The van der Waals surface area contributed by atoms with Gasteiger partial charge in [0.2, 0.25) is 0 Å². The maximum atomic E-state index is 12.4. The van der Waals surface area contributed by atoms with Crippen LogP contribution in [0.2, 0.25) is 0 Å². The Morgan fingerprint density at radius 2 is 2.07 bits per heavy atom. The van der Waals surface area contributed by atoms with Crippen LogP contribution in [0.5, 0.6) is 5.75 Å². The molecule has 1 aliphatic heterocycles. The van der Waals surface area contributed by atoms with Crippen molar-refractivity contribution in [1.82, 2.24) is 4.90 Å². The molecule has 144 valence electrons. The van der Waals surface area contributed by atoms with E-state index in [-0.39, 0.29) is 11.0 Å². The average molecular weight is 393 g/mol. The van der Waals surface area contributed by atoms with Crippen LogP contribution in [0, 0.1) is 0 Å². The number of carboxylic acid groups (broad SMARTS) is 1. The molecule has 2 rings (SSSR count). The average Bonchev–Trinajstić information content (AvgIpc) is 2.87. The summed E-state index contributed by atoms with van der Waals surface area (Å²) in [7, 11) is 0. The SMILES string of the molecule is CC[C@H](C)OC(=O)CN1C(=O)S/C(=C/c2cccc(OCC(=O)O)c2)C1=O. The lowest BCUT2D eigenvalue weighted by atomic mass is 10.2. The Labute approximate surface area is 160 Å². The predicted octanol–water partition coefficient (Wildman–Crippen LogP) is 2.53. The summed E-state index contributed by atoms with van der Waals surface area (Å²) in [5, 5.41) is 8.09. The molecule has 1 atom stereocenters. The maximum absolute atomic E-state index is 12.4. The number of thioether (sulfide) groups is 1. The third-order valence-corrected chi connectivity index (χ3v) is 4.49. The summed E-state index contributed by atoms with van der Waals surface area (Å²) < 4.78 is 10.2. The van der Waals surface area contributed by atoms with Gasteiger partial charge in [-0.3, -0.25) is 19.3 Å². The molecule has 1 saturated heterocycles. The van der Waals surface area contributed by atoms with E-state index in [0.29, 0.717) is 17.7 Å². The summed E-state index contributed by atoms with van der Waals surface area (Å²) in [6.45, 7) is 2.66. The molecule has 0 radical (unpaired) electrons. The van der Waals surface area contributed by atoms with Crippen molar-refractivity contribution in [3.8, 4) is 5.75 Å². The minimum Gasteiger partial charge on any atom is -0.482 e. The highest BCUT2D eigenvalue weighted by molar-refractivity contribution is 8.18. The number of hydrogen-bond donors (Lipinski definition) is 1. The standard InChI is InChI=1S/C18H19NO7S/c1-3-11(2)26-16(22)9-19-17(23)14(27-18(19)24)8-12-5-4-6-13(7-12)25-10-15(20)21/h4-8,11H,3,9-10H2,1-2H3,(H,20,21)/b14-8+/t11-/m0/s1. The summed E-state index contributed by atoms with van der Waals surface area (Å²) in [6.07, 6.45) is 1.83. The Morgan fingerprint density at radius 3 is 2.74 bits per heavy atom. The van der Waals surface area contributed by atoms with Crippen LogP contribution in [0.4, 0.5) is 4.79 Å². The van der Waals surface area contributed by atoms with Crippen LogP contribution < -0.4 is 4.74 Å². The molecule has 0 aromatic heterocycles. The van der Waals surface area contributed by atoms with E-state index in [1.165, 1.54) is 6.08 Å². The lowest BCUT2D eigenvalue weighted by Gasteiger charge is -2.14. The van der Waals surface area contributed by atoms with Gasteiger partial charge in [0.25, 0.3) is 11.1 Å². The van der Waals surface area contributed by atoms with Gasteiger partial charge in [0.1, 0.15) is 12.3 Å². The summed E-state index contributed by atoms with van der Waals surface area (Å²) in [6, 6.07) is 6.45. The number of hydrogen-bond acceptors (Lipinski definition) is 7. The second-order valence-corrected chi connectivity index (χ2v) is 6.72. The fraction of sp³-hybridized carbons (Fsp3) is 0.333. The summed E-state index contributed by atoms with van der Waals surface area (Å²) in [4.78, 5) is 47.9. The number of carbonyl (C=O) groups is 4. The Balaban J connectivity index is 2.08. The van der Waals surface area contributed by atoms with Crippen LogP contribution in [-0.4, -0.2) is 52.3 Å². The topological polar surface area (TPSA) is 110 Å². The smallest absolute Gasteiger partial charge is 0.341 e. The minimum absolute atomic E-state index is 0.159. The lowest BCUT2D eigenvalue weighted by molar-refractivity contribution is -0.150. The molecular formula is C18H19NO7S. The Kier molecular flexibility index (Phi) is 7.00. The molecule has 0 aliphatic carbocycles. The van der Waals surface area contributed by atoms with E-state index in [9.17, 15) is 19.2 Å². The zero-order chi connectivity index (χ0) is 20.0. The Morgan fingerprint density at radius 1 is 1.33 bits per heavy atom. The molecule has 27 heavy (non-hydrogen) atoms. The number of amides is 2. The number of carbonyl (C=O) groups excluding carboxylic acids is 3. The number of aliphatic carboxylic acids is 1. The van der Waals surface area contributed by atoms with Gasteiger partial charge in [-0.05, 0) is 48.9 Å². The number of rotatable bonds is 8. The van der Waals surface area contributed by atoms with Crippen LogP contribution in [0.1, 0.15) is 25.8 Å². The molecule has 0 bridgehead atoms. The van der Waals surface area contributed by atoms with E-state index >= 15 is 0 Å². The molecule has 0 unspecified atom stereocenters. The number of benzene rings is 1. The van der Waals surface area contributed by atoms with Crippen molar-refractivity contribution >= 4 is 40.9 Å². The molecule has 1 heterocycles. The highest BCUT2D eigenvalue weighted by Gasteiger charge is 2.36. The number of carboxylic acids is 1. The Bertz CT molecular complexity index is 790. The van der Waals surface area contributed by atoms with E-state index in [4.69, 9.17) is 14.6 Å². The van der Waals surface area contributed by atoms with Gasteiger partial charge in [0.15, 0.2) is 6.61 Å². The lowest BCUT2D eigenvalue weighted by Crippen LogP contribution is -2.35. The van der Waals surface area contributed by atoms with Crippen LogP contribution in [0.15, 0.2) is 29.2 Å². The molecule has 0 saturated carbocycles. The van der Waals surface area contributed by atoms with Gasteiger partial charge in [-0.1, -0.05) is 19.1 Å². The van der Waals surface area contributed by atoms with Crippen molar-refractivity contribution in [2.45, 2.75) is 26.4 Å². The van der Waals surface area contributed by atoms with Crippen molar-refractivity contribution in [1.29, 1.82) is 0 Å². The van der Waals surface area contributed by atoms with Crippen LogP contribution in [-0.2, 0) is 19.1 Å². The van der Waals surface area contributed by atoms with E-state index in [1.54, 1.807) is 31.2 Å². The third-order valence-electron chi connectivity index (χ3n) is 3.59. The molecule has 1 fully saturated rings. The molecule has 1 aliphatic rings. The largest absolute Gasteiger partial charge is 0.482 e. The molecule has 1 N–H and O–H groups in total. The van der Waals surface area contributed by atoms with Crippen molar-refractivity contribution in [3.63, 3.8) is 0 Å². The molecule has 9 heteroatoms. The molecule has 0 spiro atoms. The highest BCUT2D eigenvalue weighted by atomic mass is 32.2. The zero-order valence-electron chi connectivity index (χ0n) is 14.8. The predicted molar refractivity (Wildman–Crippen MR) is 98.1 cm³/mol. The fourth-order valence-electron chi connectivity index (χ4n) is 2.10. The van der Waals surface area contributed by atoms with Gasteiger partial charge in [-0.15, -0.1) is 0 Å². The van der Waals surface area contributed by atoms with E-state index in [1.807, 2.05) is 6.92 Å². The van der Waals surface area contributed by atoms with Crippen molar-refractivity contribution in [3.05, 3.63) is 34.7 Å². The van der Waals surface area contributed by atoms with E-state index in [2.05, 4.69) is 0 Å². The normalized spacial score (nSPS) is 16.5. The number of ether oxygens (including phenoxy) is 2. The van der Waals surface area contributed by atoms with E-state index < -0.39 is 36.2 Å². The van der Waals surface area contributed by atoms with Gasteiger partial charge in [-0.2, -0.15) is 0 Å². The first kappa shape index (κ1) is 20.5. The summed E-state index contributed by atoms with van der Waals surface area (Å²) >= 11 is 0.723. The first-order chi connectivity index (χ1) is 12.8. The van der Waals surface area contributed by atoms with Gasteiger partial charge < -0.3 is 14.6 Å². The van der Waals surface area contributed by atoms with Gasteiger partial charge in [0, 0.05) is 0 Å². The fourth-order valence-corrected chi connectivity index (χ4v) is 2.94. The van der Waals surface area contributed by atoms with Crippen LogP contribution in [0.25, 0.3) is 6.08 Å². The molecule has 1 aromatic carbocycles. The van der Waals surface area contributed by atoms with Crippen molar-refractivity contribution in [2.24, 2.45) is 0 Å². The monoisotopic (exact) mass is 393 g/mol. The summed E-state index contributed by atoms with van der Waals surface area (Å²) in [5.41, 5.74) is 0.561. The summed E-state index contributed by atoms with van der Waals surface area (Å²) in [5.74, 6) is -2.01. The first-order valence-electron chi connectivity index (χ1n) is 8.19. The van der Waals surface area contributed by atoms with Crippen molar-refractivity contribution in [2.75, 3.05) is 13.2 Å². The van der Waals surface area contributed by atoms with Crippen molar-refractivity contribution < 1.29 is 33.8 Å². The number of nitrogens with zero attached hydrogens (tertiary/aromatic N) is 1. The molecule has 2 amide bonds. The second kappa shape index (κ2) is 9.22. The molecule has 1 aromatic rings. The van der Waals surface area contributed by atoms with Gasteiger partial charge in [0.05, 0.1) is 11.0 Å². The van der Waals surface area contributed by atoms with Gasteiger partial charge in [-0.25, -0.2) is 4.79 Å². The molecular weight excluding hydrogens is 374 g/mol.